The summed E-state index contributed by atoms with van der Waals surface area (Å²) in [4.78, 5) is 10.6. The lowest BCUT2D eigenvalue weighted by Crippen LogP contribution is -2.25. The van der Waals surface area contributed by atoms with Gasteiger partial charge in [0.1, 0.15) is 0 Å². The van der Waals surface area contributed by atoms with E-state index in [4.69, 9.17) is 21.7 Å². The number of benzene rings is 2. The van der Waals surface area contributed by atoms with Crippen LogP contribution >= 0.6 is 0 Å². The minimum atomic E-state index is -0.864. The largest absolute Gasteiger partial charge is 0.481 e. The Morgan fingerprint density at radius 1 is 0.880 bits per heavy atom. The minimum absolute atomic E-state index is 0.0591. The summed E-state index contributed by atoms with van der Waals surface area (Å²) in [6, 6.07) is 18.6. The smallest absolute Gasteiger partial charge is 0.308 e. The molecule has 0 bridgehead atoms. The second-order valence-electron chi connectivity index (χ2n) is 6.16. The third-order valence-corrected chi connectivity index (χ3v) is 4.20. The van der Waals surface area contributed by atoms with Crippen LogP contribution in [-0.2, 0) is 4.79 Å². The average molecular weight is 344 g/mol. The van der Waals surface area contributed by atoms with Gasteiger partial charge in [-0.3, -0.25) is 4.79 Å². The first-order chi connectivity index (χ1) is 11.9. The van der Waals surface area contributed by atoms with E-state index in [1.54, 1.807) is 6.92 Å². The summed E-state index contributed by atoms with van der Waals surface area (Å²) in [6.07, 6.45) is 0. The van der Waals surface area contributed by atoms with Gasteiger partial charge in [0.05, 0.1) is 5.92 Å². The van der Waals surface area contributed by atoms with Crippen molar-refractivity contribution in [2.75, 3.05) is 6.61 Å². The minimum Gasteiger partial charge on any atom is -0.481 e. The standard InChI is InChI=1S/C10H13NO2.C10H15NO/c1-7(10(12)13)9(11)8-5-3-2-4-6-8;1-8(7-12)10(11)9-5-3-2-4-6-9/h2-7,9H,11H2,1H3,(H,12,13);2-6,8,10,12H,7,11H2,1H3. The fourth-order valence-electron chi connectivity index (χ4n) is 2.23. The number of aliphatic carboxylic acids is 1. The summed E-state index contributed by atoms with van der Waals surface area (Å²) in [5.74, 6) is -1.30. The highest BCUT2D eigenvalue weighted by Gasteiger charge is 2.20. The highest BCUT2D eigenvalue weighted by Crippen LogP contribution is 2.19. The Bertz CT molecular complexity index is 619. The third-order valence-electron chi connectivity index (χ3n) is 4.20. The molecule has 0 heterocycles. The Labute approximate surface area is 149 Å². The van der Waals surface area contributed by atoms with Gasteiger partial charge in [-0.1, -0.05) is 74.5 Å². The maximum absolute atomic E-state index is 10.6. The molecule has 4 unspecified atom stereocenters. The molecule has 0 saturated heterocycles. The SMILES string of the molecule is CC(C(=O)O)C(N)c1ccccc1.CC(CO)C(N)c1ccccc1. The molecule has 6 N–H and O–H groups in total. The van der Waals surface area contributed by atoms with Crippen molar-refractivity contribution in [1.29, 1.82) is 0 Å². The zero-order valence-corrected chi connectivity index (χ0v) is 14.7. The van der Waals surface area contributed by atoms with Gasteiger partial charge >= 0.3 is 5.97 Å². The molecule has 0 radical (unpaired) electrons. The van der Waals surface area contributed by atoms with E-state index >= 15 is 0 Å². The average Bonchev–Trinajstić information content (AvgIpc) is 2.67. The highest BCUT2D eigenvalue weighted by molar-refractivity contribution is 5.70. The molecule has 136 valence electrons. The topological polar surface area (TPSA) is 110 Å². The predicted molar refractivity (Wildman–Crippen MR) is 99.8 cm³/mol. The van der Waals surface area contributed by atoms with Gasteiger partial charge in [-0.2, -0.15) is 0 Å². The summed E-state index contributed by atoms with van der Waals surface area (Å²) in [5.41, 5.74) is 13.6. The van der Waals surface area contributed by atoms with Gasteiger partial charge in [0.15, 0.2) is 0 Å². The van der Waals surface area contributed by atoms with Gasteiger partial charge in [-0.25, -0.2) is 0 Å². The molecule has 0 saturated carbocycles. The first-order valence-corrected chi connectivity index (χ1v) is 8.33. The number of nitrogens with two attached hydrogens (primary N) is 2. The fraction of sp³-hybridized carbons (Fsp3) is 0.350. The van der Waals surface area contributed by atoms with E-state index in [2.05, 4.69) is 0 Å². The van der Waals surface area contributed by atoms with Crippen molar-refractivity contribution < 1.29 is 15.0 Å². The van der Waals surface area contributed by atoms with Crippen molar-refractivity contribution in [2.24, 2.45) is 23.3 Å². The van der Waals surface area contributed by atoms with Gasteiger partial charge in [-0.05, 0) is 17.0 Å². The zero-order valence-electron chi connectivity index (χ0n) is 14.7. The molecule has 0 aliphatic carbocycles. The van der Waals surface area contributed by atoms with Gasteiger partial charge in [0.2, 0.25) is 0 Å². The molecule has 2 aromatic rings. The maximum Gasteiger partial charge on any atom is 0.308 e. The van der Waals surface area contributed by atoms with Crippen LogP contribution in [-0.4, -0.2) is 22.8 Å². The van der Waals surface area contributed by atoms with E-state index in [0.717, 1.165) is 11.1 Å². The van der Waals surface area contributed by atoms with Crippen molar-refractivity contribution >= 4 is 5.97 Å². The Morgan fingerprint density at radius 3 is 1.64 bits per heavy atom. The number of hydrogen-bond acceptors (Lipinski definition) is 4. The molecule has 2 rings (SSSR count). The van der Waals surface area contributed by atoms with Crippen LogP contribution in [0.25, 0.3) is 0 Å². The molecule has 0 aromatic heterocycles. The first-order valence-electron chi connectivity index (χ1n) is 8.33. The number of rotatable bonds is 6. The van der Waals surface area contributed by atoms with E-state index in [0.29, 0.717) is 0 Å². The molecule has 25 heavy (non-hydrogen) atoms. The van der Waals surface area contributed by atoms with Gasteiger partial charge in [0, 0.05) is 18.7 Å². The summed E-state index contributed by atoms with van der Waals surface area (Å²) in [7, 11) is 0. The molecular weight excluding hydrogens is 316 g/mol. The van der Waals surface area contributed by atoms with Crippen molar-refractivity contribution in [2.45, 2.75) is 25.9 Å². The van der Waals surface area contributed by atoms with Crippen LogP contribution in [0.2, 0.25) is 0 Å². The van der Waals surface area contributed by atoms with Gasteiger partial charge in [-0.15, -0.1) is 0 Å². The summed E-state index contributed by atoms with van der Waals surface area (Å²) < 4.78 is 0. The quantitative estimate of drug-likeness (QED) is 0.644. The third kappa shape index (κ3) is 6.66. The van der Waals surface area contributed by atoms with Crippen molar-refractivity contribution in [1.82, 2.24) is 0 Å². The van der Waals surface area contributed by atoms with Crippen molar-refractivity contribution in [3.63, 3.8) is 0 Å². The maximum atomic E-state index is 10.6. The number of carbonyl (C=O) groups is 1. The Kier molecular flexibility index (Phi) is 8.84. The van der Waals surface area contributed by atoms with Crippen LogP contribution in [0, 0.1) is 11.8 Å². The van der Waals surface area contributed by atoms with E-state index in [1.807, 2.05) is 67.6 Å². The second kappa shape index (κ2) is 10.6. The number of hydrogen-bond donors (Lipinski definition) is 4. The Balaban J connectivity index is 0.000000251. The Hall–Kier alpha value is -2.21. The van der Waals surface area contributed by atoms with E-state index < -0.39 is 17.9 Å². The second-order valence-corrected chi connectivity index (χ2v) is 6.16. The molecule has 5 nitrogen and oxygen atoms in total. The van der Waals surface area contributed by atoms with Crippen LogP contribution < -0.4 is 11.5 Å². The Morgan fingerprint density at radius 2 is 1.28 bits per heavy atom. The molecule has 0 spiro atoms. The van der Waals surface area contributed by atoms with Crippen LogP contribution in [0.15, 0.2) is 60.7 Å². The molecule has 0 aliphatic heterocycles. The summed E-state index contributed by atoms with van der Waals surface area (Å²) in [5, 5.41) is 17.6. The normalized spacial score (nSPS) is 15.2. The summed E-state index contributed by atoms with van der Waals surface area (Å²) >= 11 is 0. The molecule has 4 atom stereocenters. The number of carboxylic acid groups (broad SMARTS) is 1. The number of carboxylic acids is 1. The van der Waals surface area contributed by atoms with Gasteiger partial charge in [0.25, 0.3) is 0 Å². The van der Waals surface area contributed by atoms with Crippen molar-refractivity contribution in [3.05, 3.63) is 71.8 Å². The predicted octanol–water partition coefficient (Wildman–Crippen LogP) is 2.72. The number of aliphatic hydroxyl groups excluding tert-OH is 1. The van der Waals surface area contributed by atoms with Gasteiger partial charge < -0.3 is 21.7 Å². The summed E-state index contributed by atoms with van der Waals surface area (Å²) in [6.45, 7) is 3.69. The van der Waals surface area contributed by atoms with E-state index in [1.165, 1.54) is 0 Å². The first kappa shape index (κ1) is 20.8. The molecule has 5 heteroatoms. The monoisotopic (exact) mass is 344 g/mol. The molecule has 0 aliphatic rings. The van der Waals surface area contributed by atoms with Crippen LogP contribution in [0.5, 0.6) is 0 Å². The van der Waals surface area contributed by atoms with Crippen LogP contribution in [0.3, 0.4) is 0 Å². The fourth-order valence-corrected chi connectivity index (χ4v) is 2.23. The van der Waals surface area contributed by atoms with E-state index in [-0.39, 0.29) is 18.6 Å². The lowest BCUT2D eigenvalue weighted by molar-refractivity contribution is -0.141. The van der Waals surface area contributed by atoms with Crippen LogP contribution in [0.1, 0.15) is 37.1 Å². The molecule has 0 fully saturated rings. The van der Waals surface area contributed by atoms with Crippen LogP contribution in [0.4, 0.5) is 0 Å². The molecule has 0 amide bonds. The zero-order chi connectivity index (χ0) is 18.8. The lowest BCUT2D eigenvalue weighted by Gasteiger charge is -2.17. The number of aliphatic hydroxyl groups is 1. The highest BCUT2D eigenvalue weighted by atomic mass is 16.4. The molecular formula is C20H28N2O3. The molecule has 2 aromatic carbocycles. The lowest BCUT2D eigenvalue weighted by atomic mass is 9.96. The van der Waals surface area contributed by atoms with Crippen molar-refractivity contribution in [3.8, 4) is 0 Å². The van der Waals surface area contributed by atoms with E-state index in [9.17, 15) is 4.79 Å².